The summed E-state index contributed by atoms with van der Waals surface area (Å²) in [5.41, 5.74) is 6.40. The van der Waals surface area contributed by atoms with E-state index in [9.17, 15) is 0 Å². The van der Waals surface area contributed by atoms with E-state index in [4.69, 9.17) is 5.84 Å². The van der Waals surface area contributed by atoms with Gasteiger partial charge in [-0.05, 0) is 18.1 Å². The molecular weight excluding hydrogens is 232 g/mol. The molecule has 0 amide bonds. The number of hydrogen-bond donors (Lipinski definition) is 2. The Morgan fingerprint density at radius 3 is 1.68 bits per heavy atom. The van der Waals surface area contributed by atoms with Crippen LogP contribution in [0.3, 0.4) is 0 Å². The van der Waals surface area contributed by atoms with E-state index >= 15 is 0 Å². The molecule has 0 spiro atoms. The maximum Gasteiger partial charge on any atom is 0.0523 e. The molecule has 1 unspecified atom stereocenters. The van der Waals surface area contributed by atoms with Crippen molar-refractivity contribution < 1.29 is 0 Å². The number of nitrogens with two attached hydrogens (primary N) is 1. The predicted octanol–water partition coefficient (Wildman–Crippen LogP) is 3.23. The zero-order chi connectivity index (χ0) is 13.7. The van der Waals surface area contributed by atoms with E-state index in [-0.39, 0.29) is 12.0 Å². The van der Waals surface area contributed by atoms with E-state index in [0.29, 0.717) is 0 Å². The highest BCUT2D eigenvalue weighted by Gasteiger charge is 2.24. The van der Waals surface area contributed by atoms with Gasteiger partial charge in [-0.1, -0.05) is 72.8 Å². The number of hydrogen-bond acceptors (Lipinski definition) is 2. The monoisotopic (exact) mass is 252 g/mol. The Balaban J connectivity index is 2.48. The molecule has 2 aromatic rings. The fourth-order valence-corrected chi connectivity index (χ4v) is 2.42. The van der Waals surface area contributed by atoms with E-state index in [1.54, 1.807) is 0 Å². The molecule has 2 rings (SSSR count). The van der Waals surface area contributed by atoms with Crippen molar-refractivity contribution in [2.45, 2.75) is 18.9 Å². The van der Waals surface area contributed by atoms with Crippen LogP contribution in [0.1, 0.15) is 24.0 Å². The normalized spacial score (nSPS) is 12.4. The maximum atomic E-state index is 5.74. The van der Waals surface area contributed by atoms with Gasteiger partial charge in [-0.25, -0.2) is 0 Å². The molecule has 0 saturated heterocycles. The number of nitrogens with one attached hydrogen (secondary N) is 1. The van der Waals surface area contributed by atoms with E-state index < -0.39 is 0 Å². The Morgan fingerprint density at radius 1 is 0.947 bits per heavy atom. The Hall–Kier alpha value is -1.90. The van der Waals surface area contributed by atoms with Gasteiger partial charge in [0, 0.05) is 5.92 Å². The summed E-state index contributed by atoms with van der Waals surface area (Å²) < 4.78 is 0. The van der Waals surface area contributed by atoms with E-state index in [1.165, 1.54) is 11.1 Å². The van der Waals surface area contributed by atoms with Gasteiger partial charge in [0.05, 0.1) is 6.04 Å². The van der Waals surface area contributed by atoms with Gasteiger partial charge in [0.2, 0.25) is 0 Å². The van der Waals surface area contributed by atoms with Gasteiger partial charge in [0.1, 0.15) is 0 Å². The van der Waals surface area contributed by atoms with Gasteiger partial charge in [0.15, 0.2) is 0 Å². The second kappa shape index (κ2) is 6.32. The summed E-state index contributed by atoms with van der Waals surface area (Å²) in [6.07, 6.45) is 0. The summed E-state index contributed by atoms with van der Waals surface area (Å²) in [6, 6.07) is 20.8. The molecule has 2 nitrogen and oxygen atoms in total. The fourth-order valence-electron chi connectivity index (χ4n) is 2.42. The van der Waals surface area contributed by atoms with E-state index in [2.05, 4.69) is 60.5 Å². The highest BCUT2D eigenvalue weighted by atomic mass is 15.2. The first kappa shape index (κ1) is 13.5. The van der Waals surface area contributed by atoms with Crippen LogP contribution in [-0.4, -0.2) is 6.04 Å². The molecule has 0 bridgehead atoms. The lowest BCUT2D eigenvalue weighted by molar-refractivity contribution is 0.537. The molecule has 0 fully saturated rings. The highest BCUT2D eigenvalue weighted by Crippen LogP contribution is 2.30. The van der Waals surface area contributed by atoms with Crippen LogP contribution in [0.15, 0.2) is 72.8 Å². The molecular formula is C17H20N2. The maximum absolute atomic E-state index is 5.74. The molecule has 2 heteroatoms. The smallest absolute Gasteiger partial charge is 0.0523 e. The lowest BCUT2D eigenvalue weighted by Gasteiger charge is -2.28. The molecule has 0 aromatic heterocycles. The lowest BCUT2D eigenvalue weighted by atomic mass is 9.83. The summed E-state index contributed by atoms with van der Waals surface area (Å²) in [4.78, 5) is 0. The van der Waals surface area contributed by atoms with E-state index in [1.807, 2.05) is 19.1 Å². The quantitative estimate of drug-likeness (QED) is 0.487. The summed E-state index contributed by atoms with van der Waals surface area (Å²) in [5, 5.41) is 0. The Kier molecular flexibility index (Phi) is 4.50. The summed E-state index contributed by atoms with van der Waals surface area (Å²) in [7, 11) is 0. The molecule has 0 saturated carbocycles. The molecule has 0 aliphatic rings. The summed E-state index contributed by atoms with van der Waals surface area (Å²) in [5.74, 6) is 5.91. The first-order valence-corrected chi connectivity index (χ1v) is 6.45. The van der Waals surface area contributed by atoms with E-state index in [0.717, 1.165) is 5.57 Å². The molecule has 0 aliphatic heterocycles. The number of benzene rings is 2. The first-order valence-electron chi connectivity index (χ1n) is 6.45. The third-order valence-corrected chi connectivity index (χ3v) is 3.36. The third kappa shape index (κ3) is 3.11. The Bertz CT molecular complexity index is 480. The molecule has 1 atom stereocenters. The minimum atomic E-state index is 0.0183. The highest BCUT2D eigenvalue weighted by molar-refractivity contribution is 5.37. The van der Waals surface area contributed by atoms with Crippen molar-refractivity contribution in [1.82, 2.24) is 5.43 Å². The zero-order valence-corrected chi connectivity index (χ0v) is 11.2. The molecule has 2 aromatic carbocycles. The van der Waals surface area contributed by atoms with Crippen molar-refractivity contribution >= 4 is 0 Å². The van der Waals surface area contributed by atoms with Gasteiger partial charge in [-0.3, -0.25) is 11.3 Å². The van der Waals surface area contributed by atoms with Crippen LogP contribution in [0.25, 0.3) is 0 Å². The van der Waals surface area contributed by atoms with Crippen molar-refractivity contribution in [3.63, 3.8) is 0 Å². The van der Waals surface area contributed by atoms with Gasteiger partial charge in [-0.2, -0.15) is 0 Å². The van der Waals surface area contributed by atoms with Crippen LogP contribution in [-0.2, 0) is 0 Å². The van der Waals surface area contributed by atoms with Crippen molar-refractivity contribution in [3.8, 4) is 0 Å². The Morgan fingerprint density at radius 2 is 1.37 bits per heavy atom. The van der Waals surface area contributed by atoms with Gasteiger partial charge >= 0.3 is 0 Å². The van der Waals surface area contributed by atoms with Crippen LogP contribution in [0.4, 0.5) is 0 Å². The SMILES string of the molecule is C=C(C)C(NN)C(c1ccccc1)c1ccccc1. The van der Waals surface area contributed by atoms with Crippen molar-refractivity contribution in [2.24, 2.45) is 5.84 Å². The molecule has 0 aliphatic carbocycles. The topological polar surface area (TPSA) is 38.0 Å². The number of rotatable bonds is 5. The summed E-state index contributed by atoms with van der Waals surface area (Å²) in [6.45, 7) is 6.06. The standard InChI is InChI=1S/C17H20N2/c1-13(2)17(19-18)16(14-9-5-3-6-10-14)15-11-7-4-8-12-15/h3-12,16-17,19H,1,18H2,2H3. The molecule has 0 radical (unpaired) electrons. The molecule has 0 heterocycles. The largest absolute Gasteiger partial charge is 0.271 e. The molecule has 98 valence electrons. The zero-order valence-electron chi connectivity index (χ0n) is 11.2. The Labute approximate surface area is 114 Å². The second-order valence-corrected chi connectivity index (χ2v) is 4.79. The third-order valence-electron chi connectivity index (χ3n) is 3.36. The molecule has 3 N–H and O–H groups in total. The van der Waals surface area contributed by atoms with Crippen LogP contribution >= 0.6 is 0 Å². The van der Waals surface area contributed by atoms with Crippen molar-refractivity contribution in [2.75, 3.05) is 0 Å². The minimum absolute atomic E-state index is 0.0183. The lowest BCUT2D eigenvalue weighted by Crippen LogP contribution is -2.40. The number of hydrazine groups is 1. The second-order valence-electron chi connectivity index (χ2n) is 4.79. The average molecular weight is 252 g/mol. The molecule has 19 heavy (non-hydrogen) atoms. The van der Waals surface area contributed by atoms with Crippen molar-refractivity contribution in [3.05, 3.63) is 83.9 Å². The van der Waals surface area contributed by atoms with Crippen LogP contribution < -0.4 is 11.3 Å². The first-order chi connectivity index (χ1) is 9.24. The van der Waals surface area contributed by atoms with Gasteiger partial charge in [0.25, 0.3) is 0 Å². The van der Waals surface area contributed by atoms with Crippen LogP contribution in [0, 0.1) is 0 Å². The predicted molar refractivity (Wildman–Crippen MR) is 80.7 cm³/mol. The fraction of sp³-hybridized carbons (Fsp3) is 0.176. The van der Waals surface area contributed by atoms with Crippen LogP contribution in [0.2, 0.25) is 0 Å². The minimum Gasteiger partial charge on any atom is -0.271 e. The average Bonchev–Trinajstić information content (AvgIpc) is 2.46. The van der Waals surface area contributed by atoms with Crippen LogP contribution in [0.5, 0.6) is 0 Å². The van der Waals surface area contributed by atoms with Gasteiger partial charge in [-0.15, -0.1) is 0 Å². The van der Waals surface area contributed by atoms with Crippen molar-refractivity contribution in [1.29, 1.82) is 0 Å². The summed E-state index contributed by atoms with van der Waals surface area (Å²) >= 11 is 0. The van der Waals surface area contributed by atoms with Gasteiger partial charge < -0.3 is 0 Å².